The summed E-state index contributed by atoms with van der Waals surface area (Å²) in [6.07, 6.45) is -4.29. The second-order valence-corrected chi connectivity index (χ2v) is 5.21. The van der Waals surface area contributed by atoms with Crippen molar-refractivity contribution in [3.05, 3.63) is 35.0 Å². The average Bonchev–Trinajstić information content (AvgIpc) is 2.64. The molecule has 19 heavy (non-hydrogen) atoms. The number of hydrogen-bond donors (Lipinski definition) is 1. The van der Waals surface area contributed by atoms with Gasteiger partial charge in [-0.15, -0.1) is 0 Å². The molecule has 1 atom stereocenters. The number of alkyl halides is 3. The lowest BCUT2D eigenvalue weighted by molar-refractivity contribution is -0.137. The summed E-state index contributed by atoms with van der Waals surface area (Å²) in [5, 5.41) is 4.15. The molecule has 3 rings (SSSR count). The molecule has 1 aromatic carbocycles. The molecule has 0 saturated carbocycles. The van der Waals surface area contributed by atoms with E-state index < -0.39 is 11.7 Å². The van der Waals surface area contributed by atoms with Crippen LogP contribution >= 0.6 is 0 Å². The first kappa shape index (κ1) is 12.5. The van der Waals surface area contributed by atoms with E-state index in [1.54, 1.807) is 6.07 Å². The van der Waals surface area contributed by atoms with Gasteiger partial charge in [0, 0.05) is 35.7 Å². The predicted octanol–water partition coefficient (Wildman–Crippen LogP) is 3.63. The Morgan fingerprint density at radius 1 is 1.26 bits per heavy atom. The molecular weight excluding hydrogens is 253 g/mol. The molecule has 1 aliphatic rings. The molecule has 102 valence electrons. The van der Waals surface area contributed by atoms with Gasteiger partial charge in [-0.1, -0.05) is 0 Å². The standard InChI is InChI=1S/C14H15F3N2/c1-8-3-10-4-11-7-18-6-9(2)19(11)13(10)5-12(8)14(15,16)17/h3-5,9,18H,6-7H2,1-2H3/t9-/m1/s1. The second-order valence-electron chi connectivity index (χ2n) is 5.21. The van der Waals surface area contributed by atoms with Crippen LogP contribution in [0.3, 0.4) is 0 Å². The van der Waals surface area contributed by atoms with Crippen molar-refractivity contribution in [3.8, 4) is 0 Å². The van der Waals surface area contributed by atoms with Crippen molar-refractivity contribution in [2.24, 2.45) is 0 Å². The van der Waals surface area contributed by atoms with Crippen LogP contribution in [0.1, 0.15) is 29.8 Å². The van der Waals surface area contributed by atoms with Crippen molar-refractivity contribution in [1.29, 1.82) is 0 Å². The Hall–Kier alpha value is -1.49. The molecule has 1 aromatic heterocycles. The number of aromatic nitrogens is 1. The van der Waals surface area contributed by atoms with Crippen molar-refractivity contribution in [1.82, 2.24) is 9.88 Å². The Bertz CT molecular complexity index is 640. The normalized spacial score (nSPS) is 19.7. The molecule has 0 bridgehead atoms. The first-order valence-electron chi connectivity index (χ1n) is 6.30. The van der Waals surface area contributed by atoms with Gasteiger partial charge in [0.2, 0.25) is 0 Å². The van der Waals surface area contributed by atoms with Gasteiger partial charge in [0.15, 0.2) is 0 Å². The molecule has 1 N–H and O–H groups in total. The van der Waals surface area contributed by atoms with Crippen LogP contribution in [0, 0.1) is 6.92 Å². The maximum Gasteiger partial charge on any atom is 0.416 e. The van der Waals surface area contributed by atoms with E-state index in [-0.39, 0.29) is 11.6 Å². The minimum absolute atomic E-state index is 0.171. The Balaban J connectivity index is 2.29. The SMILES string of the molecule is Cc1cc2cc3n(c2cc1C(F)(F)F)[C@H](C)CNC3. The summed E-state index contributed by atoms with van der Waals surface area (Å²) < 4.78 is 41.0. The topological polar surface area (TPSA) is 17.0 Å². The fourth-order valence-electron chi connectivity index (χ4n) is 2.91. The summed E-state index contributed by atoms with van der Waals surface area (Å²) >= 11 is 0. The van der Waals surface area contributed by atoms with E-state index in [0.717, 1.165) is 17.6 Å². The van der Waals surface area contributed by atoms with Gasteiger partial charge in [0.1, 0.15) is 0 Å². The third kappa shape index (κ3) is 1.92. The quantitative estimate of drug-likeness (QED) is 0.772. The molecule has 0 saturated heterocycles. The maximum absolute atomic E-state index is 13.0. The minimum atomic E-state index is -4.29. The van der Waals surface area contributed by atoms with Gasteiger partial charge >= 0.3 is 6.18 Å². The van der Waals surface area contributed by atoms with E-state index in [1.807, 2.05) is 17.6 Å². The van der Waals surface area contributed by atoms with Gasteiger partial charge in [-0.2, -0.15) is 13.2 Å². The molecule has 0 aliphatic carbocycles. The highest BCUT2D eigenvalue weighted by atomic mass is 19.4. The summed E-state index contributed by atoms with van der Waals surface area (Å²) in [7, 11) is 0. The van der Waals surface area contributed by atoms with E-state index in [2.05, 4.69) is 5.32 Å². The summed E-state index contributed by atoms with van der Waals surface area (Å²) in [5.74, 6) is 0. The largest absolute Gasteiger partial charge is 0.416 e. The van der Waals surface area contributed by atoms with Crippen molar-refractivity contribution >= 4 is 10.9 Å². The lowest BCUT2D eigenvalue weighted by Crippen LogP contribution is -2.30. The van der Waals surface area contributed by atoms with E-state index in [4.69, 9.17) is 0 Å². The van der Waals surface area contributed by atoms with Crippen molar-refractivity contribution in [3.63, 3.8) is 0 Å². The number of hydrogen-bond acceptors (Lipinski definition) is 1. The molecule has 2 nitrogen and oxygen atoms in total. The van der Waals surface area contributed by atoms with Gasteiger partial charge < -0.3 is 9.88 Å². The van der Waals surface area contributed by atoms with Crippen molar-refractivity contribution in [2.45, 2.75) is 32.6 Å². The molecule has 2 heterocycles. The highest BCUT2D eigenvalue weighted by molar-refractivity contribution is 5.83. The van der Waals surface area contributed by atoms with Crippen LogP contribution in [-0.4, -0.2) is 11.1 Å². The Morgan fingerprint density at radius 2 is 2.00 bits per heavy atom. The van der Waals surface area contributed by atoms with Crippen molar-refractivity contribution < 1.29 is 13.2 Å². The zero-order valence-corrected chi connectivity index (χ0v) is 10.8. The van der Waals surface area contributed by atoms with Gasteiger partial charge in [0.25, 0.3) is 0 Å². The van der Waals surface area contributed by atoms with E-state index in [0.29, 0.717) is 12.1 Å². The summed E-state index contributed by atoms with van der Waals surface area (Å²) in [6, 6.07) is 5.07. The molecule has 0 radical (unpaired) electrons. The molecule has 2 aromatic rings. The minimum Gasteiger partial charge on any atom is -0.339 e. The number of nitrogens with zero attached hydrogens (tertiary/aromatic N) is 1. The van der Waals surface area contributed by atoms with E-state index in [1.165, 1.54) is 13.0 Å². The summed E-state index contributed by atoms with van der Waals surface area (Å²) in [6.45, 7) is 5.02. The Labute approximate surface area is 109 Å². The molecule has 0 amide bonds. The highest BCUT2D eigenvalue weighted by Gasteiger charge is 2.33. The van der Waals surface area contributed by atoms with Crippen LogP contribution < -0.4 is 5.32 Å². The first-order valence-corrected chi connectivity index (χ1v) is 6.30. The maximum atomic E-state index is 13.0. The van der Waals surface area contributed by atoms with Crippen molar-refractivity contribution in [2.75, 3.05) is 6.54 Å². The zero-order valence-electron chi connectivity index (χ0n) is 10.8. The van der Waals surface area contributed by atoms with Gasteiger partial charge in [-0.25, -0.2) is 0 Å². The Morgan fingerprint density at radius 3 is 2.68 bits per heavy atom. The molecule has 0 fully saturated rings. The second kappa shape index (κ2) is 4.00. The number of benzene rings is 1. The lowest BCUT2D eigenvalue weighted by atomic mass is 10.1. The summed E-state index contributed by atoms with van der Waals surface area (Å²) in [5.41, 5.74) is 1.48. The highest BCUT2D eigenvalue weighted by Crippen LogP contribution is 2.36. The number of rotatable bonds is 0. The first-order chi connectivity index (χ1) is 8.88. The van der Waals surface area contributed by atoms with Gasteiger partial charge in [-0.3, -0.25) is 0 Å². The molecule has 5 heteroatoms. The van der Waals surface area contributed by atoms with Crippen LogP contribution in [0.25, 0.3) is 10.9 Å². The monoisotopic (exact) mass is 268 g/mol. The number of halogens is 3. The van der Waals surface area contributed by atoms with Crippen LogP contribution in [0.4, 0.5) is 13.2 Å². The lowest BCUT2D eigenvalue weighted by Gasteiger charge is -2.25. The fraction of sp³-hybridized carbons (Fsp3) is 0.429. The van der Waals surface area contributed by atoms with Crippen LogP contribution in [-0.2, 0) is 12.7 Å². The smallest absolute Gasteiger partial charge is 0.339 e. The molecule has 0 unspecified atom stereocenters. The van der Waals surface area contributed by atoms with Crippen LogP contribution in [0.15, 0.2) is 18.2 Å². The fourth-order valence-corrected chi connectivity index (χ4v) is 2.91. The predicted molar refractivity (Wildman–Crippen MR) is 68.1 cm³/mol. The van der Waals surface area contributed by atoms with Gasteiger partial charge in [-0.05, 0) is 37.6 Å². The third-order valence-electron chi connectivity index (χ3n) is 3.76. The van der Waals surface area contributed by atoms with Crippen LogP contribution in [0.5, 0.6) is 0 Å². The molecular formula is C14H15F3N2. The number of fused-ring (bicyclic) bond motifs is 3. The molecule has 0 spiro atoms. The van der Waals surface area contributed by atoms with E-state index in [9.17, 15) is 13.2 Å². The summed E-state index contributed by atoms with van der Waals surface area (Å²) in [4.78, 5) is 0. The number of aryl methyl sites for hydroxylation is 1. The van der Waals surface area contributed by atoms with Gasteiger partial charge in [0.05, 0.1) is 5.56 Å². The third-order valence-corrected chi connectivity index (χ3v) is 3.76. The van der Waals surface area contributed by atoms with Crippen LogP contribution in [0.2, 0.25) is 0 Å². The number of nitrogens with one attached hydrogen (secondary N) is 1. The Kier molecular flexibility index (Phi) is 2.64. The molecule has 1 aliphatic heterocycles. The van der Waals surface area contributed by atoms with E-state index >= 15 is 0 Å². The zero-order chi connectivity index (χ0) is 13.8. The average molecular weight is 268 g/mol.